The number of amides is 1. The highest BCUT2D eigenvalue weighted by molar-refractivity contribution is 6.35. The van der Waals surface area contributed by atoms with E-state index in [9.17, 15) is 9.59 Å². The van der Waals surface area contributed by atoms with Gasteiger partial charge in [0.25, 0.3) is 0 Å². The summed E-state index contributed by atoms with van der Waals surface area (Å²) in [4.78, 5) is 26.9. The lowest BCUT2D eigenvalue weighted by molar-refractivity contribution is -0.121. The normalized spacial score (nSPS) is 17.2. The number of likely N-dealkylation sites (tertiary alicyclic amines) is 1. The lowest BCUT2D eigenvalue weighted by atomic mass is 9.96. The molecule has 5 nitrogen and oxygen atoms in total. The molecule has 148 valence electrons. The van der Waals surface area contributed by atoms with Crippen molar-refractivity contribution in [3.8, 4) is 0 Å². The van der Waals surface area contributed by atoms with E-state index in [0.29, 0.717) is 34.4 Å². The molecule has 1 atom stereocenters. The Morgan fingerprint density at radius 2 is 2.00 bits per heavy atom. The number of carbonyl (C=O) groups is 2. The minimum absolute atomic E-state index is 0.0942. The van der Waals surface area contributed by atoms with Crippen LogP contribution in [0.15, 0.2) is 42.5 Å². The summed E-state index contributed by atoms with van der Waals surface area (Å²) in [6.45, 7) is 2.20. The zero-order chi connectivity index (χ0) is 20.1. The second-order valence-corrected chi connectivity index (χ2v) is 7.68. The van der Waals surface area contributed by atoms with Crippen LogP contribution >= 0.6 is 23.2 Å². The first-order chi connectivity index (χ1) is 13.5. The number of halogens is 2. The SMILES string of the molecule is COC(=O)c1ccccc1NC(=O)[C@@H]1CCCN(Cc2ccc(Cl)cc2Cl)C1. The number of hydrogen-bond acceptors (Lipinski definition) is 4. The third-order valence-corrected chi connectivity index (χ3v) is 5.46. The standard InChI is InChI=1S/C21H22Cl2N2O3/c1-28-21(27)17-6-2-3-7-19(17)24-20(26)15-5-4-10-25(13-15)12-14-8-9-16(22)11-18(14)23/h2-3,6-9,11,15H,4-5,10,12-13H2,1H3,(H,24,26)/t15-/m1/s1. The molecular formula is C21H22Cl2N2O3. The summed E-state index contributed by atoms with van der Waals surface area (Å²) < 4.78 is 4.79. The van der Waals surface area contributed by atoms with Crippen molar-refractivity contribution in [1.29, 1.82) is 0 Å². The number of nitrogens with zero attached hydrogens (tertiary/aromatic N) is 1. The van der Waals surface area contributed by atoms with E-state index in [2.05, 4.69) is 10.2 Å². The van der Waals surface area contributed by atoms with Gasteiger partial charge in [-0.1, -0.05) is 41.4 Å². The van der Waals surface area contributed by atoms with Crippen LogP contribution < -0.4 is 5.32 Å². The number of methoxy groups -OCH3 is 1. The molecule has 1 N–H and O–H groups in total. The van der Waals surface area contributed by atoms with Crippen LogP contribution in [0.1, 0.15) is 28.8 Å². The number of rotatable bonds is 5. The molecule has 1 amide bonds. The molecule has 0 saturated carbocycles. The molecule has 0 unspecified atom stereocenters. The van der Waals surface area contributed by atoms with Crippen LogP contribution in [0.4, 0.5) is 5.69 Å². The number of hydrogen-bond donors (Lipinski definition) is 1. The number of anilines is 1. The van der Waals surface area contributed by atoms with Gasteiger partial charge in [-0.15, -0.1) is 0 Å². The molecule has 2 aromatic carbocycles. The van der Waals surface area contributed by atoms with Crippen molar-refractivity contribution in [2.24, 2.45) is 5.92 Å². The quantitative estimate of drug-likeness (QED) is 0.716. The number of nitrogens with one attached hydrogen (secondary N) is 1. The monoisotopic (exact) mass is 420 g/mol. The number of para-hydroxylation sites is 1. The van der Waals surface area contributed by atoms with Crippen molar-refractivity contribution >= 4 is 40.8 Å². The summed E-state index contributed by atoms with van der Waals surface area (Å²) in [6, 6.07) is 12.3. The molecule has 28 heavy (non-hydrogen) atoms. The Balaban J connectivity index is 1.66. The van der Waals surface area contributed by atoms with Gasteiger partial charge >= 0.3 is 5.97 Å². The second kappa shape index (κ2) is 9.41. The smallest absolute Gasteiger partial charge is 0.339 e. The topological polar surface area (TPSA) is 58.6 Å². The van der Waals surface area contributed by atoms with Gasteiger partial charge in [-0.05, 0) is 49.2 Å². The summed E-state index contributed by atoms with van der Waals surface area (Å²) in [5, 5.41) is 4.12. The highest BCUT2D eigenvalue weighted by Crippen LogP contribution is 2.26. The van der Waals surface area contributed by atoms with Crippen molar-refractivity contribution in [3.63, 3.8) is 0 Å². The van der Waals surface area contributed by atoms with Crippen LogP contribution in [0.2, 0.25) is 10.0 Å². The molecular weight excluding hydrogens is 399 g/mol. The summed E-state index contributed by atoms with van der Waals surface area (Å²) in [6.07, 6.45) is 1.72. The van der Waals surface area contributed by atoms with Crippen LogP contribution in [0.5, 0.6) is 0 Å². The average Bonchev–Trinajstić information content (AvgIpc) is 2.70. The summed E-state index contributed by atoms with van der Waals surface area (Å²) >= 11 is 12.2. The number of carbonyl (C=O) groups excluding carboxylic acids is 2. The lowest BCUT2D eigenvalue weighted by Crippen LogP contribution is -2.40. The lowest BCUT2D eigenvalue weighted by Gasteiger charge is -2.32. The molecule has 1 fully saturated rings. The largest absolute Gasteiger partial charge is 0.465 e. The van der Waals surface area contributed by atoms with Crippen molar-refractivity contribution in [2.75, 3.05) is 25.5 Å². The van der Waals surface area contributed by atoms with E-state index < -0.39 is 5.97 Å². The van der Waals surface area contributed by atoms with Gasteiger partial charge in [0.15, 0.2) is 0 Å². The fourth-order valence-electron chi connectivity index (χ4n) is 3.42. The minimum Gasteiger partial charge on any atom is -0.465 e. The van der Waals surface area contributed by atoms with Crippen LogP contribution in [-0.2, 0) is 16.1 Å². The Labute approximate surface area is 174 Å². The molecule has 1 saturated heterocycles. The Morgan fingerprint density at radius 3 is 2.75 bits per heavy atom. The molecule has 2 aromatic rings. The predicted octanol–water partition coefficient (Wildman–Crippen LogP) is 4.63. The molecule has 1 aliphatic heterocycles. The number of ether oxygens (including phenoxy) is 1. The fourth-order valence-corrected chi connectivity index (χ4v) is 3.89. The molecule has 7 heteroatoms. The van der Waals surface area contributed by atoms with Gasteiger partial charge in [-0.2, -0.15) is 0 Å². The molecule has 3 rings (SSSR count). The second-order valence-electron chi connectivity index (χ2n) is 6.84. The third kappa shape index (κ3) is 5.04. The first kappa shape index (κ1) is 20.6. The van der Waals surface area contributed by atoms with E-state index in [1.807, 2.05) is 12.1 Å². The van der Waals surface area contributed by atoms with Crippen LogP contribution in [0.25, 0.3) is 0 Å². The van der Waals surface area contributed by atoms with Crippen molar-refractivity contribution in [1.82, 2.24) is 4.90 Å². The van der Waals surface area contributed by atoms with E-state index in [0.717, 1.165) is 24.9 Å². The predicted molar refractivity (Wildman–Crippen MR) is 111 cm³/mol. The van der Waals surface area contributed by atoms with Crippen LogP contribution in [0, 0.1) is 5.92 Å². The van der Waals surface area contributed by atoms with Gasteiger partial charge in [0, 0.05) is 23.1 Å². The zero-order valence-electron chi connectivity index (χ0n) is 15.6. The fraction of sp³-hybridized carbons (Fsp3) is 0.333. The van der Waals surface area contributed by atoms with E-state index in [-0.39, 0.29) is 11.8 Å². The van der Waals surface area contributed by atoms with E-state index in [1.54, 1.807) is 30.3 Å². The first-order valence-electron chi connectivity index (χ1n) is 9.12. The van der Waals surface area contributed by atoms with Crippen LogP contribution in [-0.4, -0.2) is 37.0 Å². The van der Waals surface area contributed by atoms with Crippen molar-refractivity contribution in [3.05, 3.63) is 63.6 Å². The van der Waals surface area contributed by atoms with Crippen molar-refractivity contribution in [2.45, 2.75) is 19.4 Å². The zero-order valence-corrected chi connectivity index (χ0v) is 17.1. The highest BCUT2D eigenvalue weighted by atomic mass is 35.5. The van der Waals surface area contributed by atoms with E-state index >= 15 is 0 Å². The Hall–Kier alpha value is -2.08. The van der Waals surface area contributed by atoms with Crippen LogP contribution in [0.3, 0.4) is 0 Å². The summed E-state index contributed by atoms with van der Waals surface area (Å²) in [7, 11) is 1.32. The number of piperidine rings is 1. The molecule has 1 heterocycles. The number of benzene rings is 2. The maximum atomic E-state index is 12.8. The van der Waals surface area contributed by atoms with E-state index in [4.69, 9.17) is 27.9 Å². The molecule has 0 bridgehead atoms. The van der Waals surface area contributed by atoms with Gasteiger partial charge < -0.3 is 10.1 Å². The van der Waals surface area contributed by atoms with Gasteiger partial charge in [-0.25, -0.2) is 4.79 Å². The Kier molecular flexibility index (Phi) is 6.94. The third-order valence-electron chi connectivity index (χ3n) is 4.88. The summed E-state index contributed by atoms with van der Waals surface area (Å²) in [5.74, 6) is -0.729. The molecule has 1 aliphatic rings. The highest BCUT2D eigenvalue weighted by Gasteiger charge is 2.27. The van der Waals surface area contributed by atoms with E-state index in [1.165, 1.54) is 7.11 Å². The maximum absolute atomic E-state index is 12.8. The Morgan fingerprint density at radius 1 is 1.21 bits per heavy atom. The number of esters is 1. The molecule has 0 aliphatic carbocycles. The van der Waals surface area contributed by atoms with Gasteiger partial charge in [0.1, 0.15) is 0 Å². The maximum Gasteiger partial charge on any atom is 0.339 e. The first-order valence-corrected chi connectivity index (χ1v) is 9.88. The molecule has 0 aromatic heterocycles. The Bertz CT molecular complexity index is 872. The molecule has 0 radical (unpaired) electrons. The molecule has 0 spiro atoms. The minimum atomic E-state index is -0.474. The average molecular weight is 421 g/mol. The van der Waals surface area contributed by atoms with Gasteiger partial charge in [0.2, 0.25) is 5.91 Å². The van der Waals surface area contributed by atoms with Crippen molar-refractivity contribution < 1.29 is 14.3 Å². The van der Waals surface area contributed by atoms with Gasteiger partial charge in [-0.3, -0.25) is 9.69 Å². The summed E-state index contributed by atoms with van der Waals surface area (Å²) in [5.41, 5.74) is 1.80. The van der Waals surface area contributed by atoms with Gasteiger partial charge in [0.05, 0.1) is 24.3 Å².